The van der Waals surface area contributed by atoms with Crippen molar-refractivity contribution in [3.8, 4) is 11.5 Å². The van der Waals surface area contributed by atoms with Crippen molar-refractivity contribution in [3.63, 3.8) is 0 Å². The molecule has 3 aromatic heterocycles. The average Bonchev–Trinajstić information content (AvgIpc) is 3.47. The van der Waals surface area contributed by atoms with Gasteiger partial charge in [-0.15, -0.1) is 0 Å². The van der Waals surface area contributed by atoms with Crippen LogP contribution < -0.4 is 9.47 Å². The molecule has 2 aromatic carbocycles. The molecular formula is C28H26ClFN4O5. The highest BCUT2D eigenvalue weighted by Gasteiger charge is 2.25. The zero-order valence-electron chi connectivity index (χ0n) is 21.7. The summed E-state index contributed by atoms with van der Waals surface area (Å²) in [7, 11) is 1.41. The smallest absolute Gasteiger partial charge is 0.420 e. The van der Waals surface area contributed by atoms with E-state index in [0.717, 1.165) is 6.07 Å². The first-order valence-electron chi connectivity index (χ1n) is 12.1. The number of imidazole rings is 1. The van der Waals surface area contributed by atoms with Crippen molar-refractivity contribution in [3.05, 3.63) is 82.6 Å². The third-order valence-corrected chi connectivity index (χ3v) is 6.21. The van der Waals surface area contributed by atoms with E-state index in [2.05, 4.69) is 15.0 Å². The first-order valence-corrected chi connectivity index (χ1v) is 12.4. The summed E-state index contributed by atoms with van der Waals surface area (Å²) in [6.45, 7) is 5.06. The molecule has 1 atom stereocenters. The number of rotatable bonds is 6. The number of aromatic nitrogens is 4. The zero-order chi connectivity index (χ0) is 27.9. The molecule has 39 heavy (non-hydrogen) atoms. The zero-order valence-corrected chi connectivity index (χ0v) is 22.4. The average molecular weight is 553 g/mol. The van der Waals surface area contributed by atoms with E-state index >= 15 is 4.39 Å². The third-order valence-electron chi connectivity index (χ3n) is 5.97. The Morgan fingerprint density at radius 1 is 1.18 bits per heavy atom. The second kappa shape index (κ2) is 10.2. The summed E-state index contributed by atoms with van der Waals surface area (Å²) in [4.78, 5) is 24.7. The summed E-state index contributed by atoms with van der Waals surface area (Å²) in [5.74, 6) is -0.234. The molecule has 3 heterocycles. The number of methoxy groups -OCH3 is 1. The summed E-state index contributed by atoms with van der Waals surface area (Å²) in [5.41, 5.74) is 1.25. The van der Waals surface area contributed by atoms with Crippen molar-refractivity contribution in [2.75, 3.05) is 7.11 Å². The molecule has 1 unspecified atom stereocenters. The van der Waals surface area contributed by atoms with Crippen molar-refractivity contribution in [1.29, 1.82) is 0 Å². The highest BCUT2D eigenvalue weighted by molar-refractivity contribution is 6.31. The molecule has 0 aliphatic rings. The van der Waals surface area contributed by atoms with Crippen LogP contribution in [0.3, 0.4) is 0 Å². The monoisotopic (exact) mass is 552 g/mol. The highest BCUT2D eigenvalue weighted by Crippen LogP contribution is 2.37. The van der Waals surface area contributed by atoms with Crippen LogP contribution in [0.5, 0.6) is 11.5 Å². The maximum atomic E-state index is 15.3. The number of ether oxygens (including phenoxy) is 3. The number of nitrogens with zero attached hydrogens (tertiary/aromatic N) is 3. The lowest BCUT2D eigenvalue weighted by Gasteiger charge is -2.20. The van der Waals surface area contributed by atoms with E-state index < -0.39 is 23.6 Å². The maximum absolute atomic E-state index is 15.3. The Kier molecular flexibility index (Phi) is 6.92. The lowest BCUT2D eigenvalue weighted by Crippen LogP contribution is -2.28. The van der Waals surface area contributed by atoms with Crippen LogP contribution >= 0.6 is 11.6 Å². The topological polar surface area (TPSA) is 111 Å². The van der Waals surface area contributed by atoms with E-state index in [0.29, 0.717) is 32.7 Å². The van der Waals surface area contributed by atoms with Crippen molar-refractivity contribution < 1.29 is 28.5 Å². The molecule has 202 valence electrons. The molecule has 9 nitrogen and oxygen atoms in total. The van der Waals surface area contributed by atoms with Gasteiger partial charge in [-0.2, -0.15) is 0 Å². The molecule has 0 fully saturated rings. The number of aliphatic hydroxyl groups is 1. The Labute approximate surface area is 228 Å². The van der Waals surface area contributed by atoms with Gasteiger partial charge in [-0.25, -0.2) is 23.7 Å². The minimum Gasteiger partial charge on any atom is -0.493 e. The van der Waals surface area contributed by atoms with E-state index in [1.165, 1.54) is 17.7 Å². The van der Waals surface area contributed by atoms with Gasteiger partial charge in [0.05, 0.1) is 18.1 Å². The molecule has 0 saturated carbocycles. The minimum absolute atomic E-state index is 0.000381. The predicted molar refractivity (Wildman–Crippen MR) is 144 cm³/mol. The fourth-order valence-electron chi connectivity index (χ4n) is 4.26. The Balaban J connectivity index is 1.47. The Hall–Kier alpha value is -4.15. The fraction of sp³-hybridized carbons (Fsp3) is 0.250. The number of benzene rings is 2. The SMILES string of the molecule is COc1cc(C(O)c2c[nH]c3ncccc23)c(F)cc1OCc1nc2cc(Cl)ccc2n1C(=O)OC(C)(C)C. The van der Waals surface area contributed by atoms with Crippen LogP contribution in [0.1, 0.15) is 43.8 Å². The summed E-state index contributed by atoms with van der Waals surface area (Å²) < 4.78 is 33.5. The Morgan fingerprint density at radius 3 is 2.72 bits per heavy atom. The molecule has 0 amide bonds. The van der Waals surface area contributed by atoms with Crippen molar-refractivity contribution in [2.45, 2.75) is 39.1 Å². The number of H-pyrrole nitrogens is 1. The van der Waals surface area contributed by atoms with Crippen LogP contribution in [0, 0.1) is 5.82 Å². The van der Waals surface area contributed by atoms with Gasteiger partial charge in [-0.1, -0.05) is 11.6 Å². The van der Waals surface area contributed by atoms with E-state index in [-0.39, 0.29) is 29.5 Å². The van der Waals surface area contributed by atoms with Crippen LogP contribution in [0.15, 0.2) is 54.9 Å². The van der Waals surface area contributed by atoms with Gasteiger partial charge in [0.25, 0.3) is 0 Å². The highest BCUT2D eigenvalue weighted by atomic mass is 35.5. The number of aliphatic hydroxyl groups excluding tert-OH is 1. The van der Waals surface area contributed by atoms with Gasteiger partial charge in [0.1, 0.15) is 29.8 Å². The quantitative estimate of drug-likeness (QED) is 0.259. The summed E-state index contributed by atoms with van der Waals surface area (Å²) in [5, 5.41) is 12.1. The molecular weight excluding hydrogens is 527 g/mol. The molecule has 0 bridgehead atoms. The van der Waals surface area contributed by atoms with Gasteiger partial charge in [0, 0.05) is 40.0 Å². The largest absolute Gasteiger partial charge is 0.493 e. The normalized spacial score (nSPS) is 12.6. The standard InChI is InChI=1S/C28H26ClFN4O5/c1-28(2,3)39-27(36)34-21-8-7-15(29)10-20(21)33-24(34)14-38-23-12-19(30)17(11-22(23)37-4)25(35)18-13-32-26-16(18)6-5-9-31-26/h5-13,25,35H,14H2,1-4H3,(H,31,32). The lowest BCUT2D eigenvalue weighted by molar-refractivity contribution is 0.0533. The van der Waals surface area contributed by atoms with Crippen LogP contribution in [-0.2, 0) is 11.3 Å². The van der Waals surface area contributed by atoms with E-state index in [1.54, 1.807) is 63.5 Å². The molecule has 5 rings (SSSR count). The van der Waals surface area contributed by atoms with Crippen molar-refractivity contribution in [2.24, 2.45) is 0 Å². The van der Waals surface area contributed by atoms with E-state index in [1.807, 2.05) is 0 Å². The molecule has 0 spiro atoms. The van der Waals surface area contributed by atoms with Gasteiger partial charge < -0.3 is 24.3 Å². The fourth-order valence-corrected chi connectivity index (χ4v) is 4.42. The molecule has 0 aliphatic carbocycles. The molecule has 0 saturated heterocycles. The number of carbonyl (C=O) groups excluding carboxylic acids is 1. The molecule has 0 radical (unpaired) electrons. The van der Waals surface area contributed by atoms with Crippen LogP contribution in [0.2, 0.25) is 5.02 Å². The number of aromatic amines is 1. The second-order valence-electron chi connectivity index (χ2n) is 9.84. The van der Waals surface area contributed by atoms with Crippen molar-refractivity contribution in [1.82, 2.24) is 19.5 Å². The van der Waals surface area contributed by atoms with Gasteiger partial charge in [0.2, 0.25) is 0 Å². The van der Waals surface area contributed by atoms with Gasteiger partial charge >= 0.3 is 6.09 Å². The number of halogens is 2. The maximum Gasteiger partial charge on any atom is 0.420 e. The summed E-state index contributed by atoms with van der Waals surface area (Å²) in [6.07, 6.45) is 1.28. The molecule has 2 N–H and O–H groups in total. The molecule has 0 aliphatic heterocycles. The third kappa shape index (κ3) is 5.25. The Bertz CT molecular complexity index is 1690. The number of carbonyl (C=O) groups is 1. The molecule has 5 aromatic rings. The van der Waals surface area contributed by atoms with Gasteiger partial charge in [-0.3, -0.25) is 0 Å². The molecule has 11 heteroatoms. The van der Waals surface area contributed by atoms with Crippen LogP contribution in [0.25, 0.3) is 22.1 Å². The summed E-state index contributed by atoms with van der Waals surface area (Å²) >= 11 is 6.12. The predicted octanol–water partition coefficient (Wildman–Crippen LogP) is 6.16. The number of hydrogen-bond donors (Lipinski definition) is 2. The Morgan fingerprint density at radius 2 is 1.97 bits per heavy atom. The second-order valence-corrected chi connectivity index (χ2v) is 10.3. The van der Waals surface area contributed by atoms with Gasteiger partial charge in [-0.05, 0) is 57.2 Å². The minimum atomic E-state index is -1.29. The number of hydrogen-bond acceptors (Lipinski definition) is 7. The van der Waals surface area contributed by atoms with Crippen LogP contribution in [0.4, 0.5) is 9.18 Å². The van der Waals surface area contributed by atoms with Gasteiger partial charge in [0.15, 0.2) is 17.3 Å². The lowest BCUT2D eigenvalue weighted by atomic mass is 10.0. The van der Waals surface area contributed by atoms with Crippen molar-refractivity contribution >= 4 is 39.8 Å². The first-order chi connectivity index (χ1) is 18.6. The number of fused-ring (bicyclic) bond motifs is 2. The first kappa shape index (κ1) is 26.5. The van der Waals surface area contributed by atoms with E-state index in [4.69, 9.17) is 25.8 Å². The number of nitrogens with one attached hydrogen (secondary N) is 1. The summed E-state index contributed by atoms with van der Waals surface area (Å²) in [6, 6.07) is 11.0. The van der Waals surface area contributed by atoms with E-state index in [9.17, 15) is 9.90 Å². The number of pyridine rings is 1. The van der Waals surface area contributed by atoms with Crippen LogP contribution in [-0.4, -0.2) is 43.4 Å².